The minimum Gasteiger partial charge on any atom is -0.482 e. The minimum atomic E-state index is -3.31. The summed E-state index contributed by atoms with van der Waals surface area (Å²) in [5, 5.41) is 13.5. The number of carbonyl (C=O) groups excluding carboxylic acids is 2. The van der Waals surface area contributed by atoms with Crippen molar-refractivity contribution in [2.24, 2.45) is 0 Å². The molecule has 0 saturated heterocycles. The molecule has 2 aromatic rings. The molecule has 1 N–H and O–H groups in total. The molecule has 0 heterocycles. The van der Waals surface area contributed by atoms with Gasteiger partial charge in [-0.3, -0.25) is 4.79 Å². The monoisotopic (exact) mass is 437 g/mol. The third-order valence-corrected chi connectivity index (χ3v) is 4.41. The Kier molecular flexibility index (Phi) is 9.22. The van der Waals surface area contributed by atoms with Gasteiger partial charge in [0.1, 0.15) is 5.75 Å². The van der Waals surface area contributed by atoms with Crippen LogP contribution < -0.4 is 66.5 Å². The molecule has 0 aliphatic heterocycles. The van der Waals surface area contributed by atoms with Crippen molar-refractivity contribution >= 4 is 44.9 Å². The topological polar surface area (TPSA) is 122 Å². The number of sulfone groups is 1. The van der Waals surface area contributed by atoms with E-state index in [1.807, 2.05) is 0 Å². The first-order valence-corrected chi connectivity index (χ1v) is 9.33. The molecule has 0 aliphatic rings. The molecule has 0 bridgehead atoms. The van der Waals surface area contributed by atoms with E-state index in [4.69, 9.17) is 16.3 Å². The number of nitrogens with one attached hydrogen (secondary N) is 1. The number of hydrogen-bond acceptors (Lipinski definition) is 8. The van der Waals surface area contributed by atoms with Crippen molar-refractivity contribution in [2.75, 3.05) is 18.2 Å². The van der Waals surface area contributed by atoms with Crippen LogP contribution in [0, 0.1) is 0 Å². The average molecular weight is 438 g/mol. The van der Waals surface area contributed by atoms with Crippen LogP contribution in [-0.4, -0.2) is 33.4 Å². The normalized spacial score (nSPS) is 10.4. The van der Waals surface area contributed by atoms with Gasteiger partial charge in [0, 0.05) is 17.0 Å². The van der Waals surface area contributed by atoms with Crippen LogP contribution in [0.3, 0.4) is 0 Å². The van der Waals surface area contributed by atoms with Crippen LogP contribution in [-0.2, 0) is 19.4 Å². The van der Waals surface area contributed by atoms with Crippen LogP contribution in [0.15, 0.2) is 47.4 Å². The quantitative estimate of drug-likeness (QED) is 0.338. The SMILES string of the molecule is CS(=O)(=O)c1ccc(Nc2cc(Cl)ccc2OCC(=O)OC(=O)[O-])cc1.[K+]. The number of carbonyl (C=O) groups is 2. The van der Waals surface area contributed by atoms with Crippen LogP contribution in [0.4, 0.5) is 16.2 Å². The molecule has 0 unspecified atom stereocenters. The number of carboxylic acid groups (broad SMARTS) is 1. The van der Waals surface area contributed by atoms with Crippen molar-refractivity contribution in [2.45, 2.75) is 4.90 Å². The molecule has 0 fully saturated rings. The van der Waals surface area contributed by atoms with Gasteiger partial charge in [-0.25, -0.2) is 8.42 Å². The summed E-state index contributed by atoms with van der Waals surface area (Å²) in [6.07, 6.45) is -0.872. The van der Waals surface area contributed by atoms with E-state index in [0.717, 1.165) is 6.26 Å². The molecule has 0 amide bonds. The molecule has 2 aromatic carbocycles. The van der Waals surface area contributed by atoms with Gasteiger partial charge in [0.05, 0.1) is 10.6 Å². The Bertz CT molecular complexity index is 932. The first kappa shape index (κ1) is 23.9. The third-order valence-electron chi connectivity index (χ3n) is 3.05. The number of esters is 1. The Morgan fingerprint density at radius 2 is 1.78 bits per heavy atom. The van der Waals surface area contributed by atoms with Crippen molar-refractivity contribution in [3.8, 4) is 5.75 Å². The Morgan fingerprint density at radius 3 is 2.33 bits per heavy atom. The zero-order valence-electron chi connectivity index (χ0n) is 14.4. The number of rotatable bonds is 6. The Morgan fingerprint density at radius 1 is 1.15 bits per heavy atom. The molecule has 0 aliphatic carbocycles. The van der Waals surface area contributed by atoms with Gasteiger partial charge < -0.3 is 24.7 Å². The van der Waals surface area contributed by atoms with Gasteiger partial charge in [-0.15, -0.1) is 0 Å². The average Bonchev–Trinajstić information content (AvgIpc) is 2.53. The molecule has 2 rings (SSSR count). The van der Waals surface area contributed by atoms with Gasteiger partial charge in [-0.05, 0) is 42.5 Å². The van der Waals surface area contributed by atoms with Crippen molar-refractivity contribution in [3.63, 3.8) is 0 Å². The molecular formula is C16H13ClKNO7S. The number of halogens is 1. The van der Waals surface area contributed by atoms with E-state index in [1.165, 1.54) is 30.3 Å². The largest absolute Gasteiger partial charge is 1.00 e. The second-order valence-corrected chi connectivity index (χ2v) is 7.53. The summed E-state index contributed by atoms with van der Waals surface area (Å²) < 4.78 is 32.0. The standard InChI is InChI=1S/C16H14ClNO7S.K/c1-26(22,23)12-5-3-11(4-6-12)18-13-8-10(17)2-7-14(13)24-9-15(19)25-16(20)21;/h2-8,18H,9H2,1H3,(H,20,21);/q;+1/p-1. The number of hydrogen-bond donors (Lipinski definition) is 1. The van der Waals surface area contributed by atoms with Gasteiger partial charge in [-0.2, -0.15) is 0 Å². The predicted molar refractivity (Wildman–Crippen MR) is 91.3 cm³/mol. The smallest absolute Gasteiger partial charge is 0.482 e. The van der Waals surface area contributed by atoms with E-state index in [-0.39, 0.29) is 62.0 Å². The fourth-order valence-corrected chi connectivity index (χ4v) is 2.73. The van der Waals surface area contributed by atoms with Crippen LogP contribution in [0.25, 0.3) is 0 Å². The van der Waals surface area contributed by atoms with Crippen LogP contribution >= 0.6 is 11.6 Å². The molecule has 11 heteroatoms. The second-order valence-electron chi connectivity index (χ2n) is 5.07. The number of ether oxygens (including phenoxy) is 2. The third kappa shape index (κ3) is 7.78. The van der Waals surface area contributed by atoms with E-state index in [2.05, 4.69) is 10.1 Å². The van der Waals surface area contributed by atoms with E-state index in [1.54, 1.807) is 12.1 Å². The summed E-state index contributed by atoms with van der Waals surface area (Å²) in [4.78, 5) is 21.6. The molecule has 138 valence electrons. The molecule has 8 nitrogen and oxygen atoms in total. The van der Waals surface area contributed by atoms with Gasteiger partial charge in [-0.1, -0.05) is 11.6 Å². The van der Waals surface area contributed by atoms with Crippen molar-refractivity contribution in [1.29, 1.82) is 0 Å². The van der Waals surface area contributed by atoms with Crippen molar-refractivity contribution in [1.82, 2.24) is 0 Å². The first-order chi connectivity index (χ1) is 12.1. The molecule has 0 atom stereocenters. The van der Waals surface area contributed by atoms with E-state index >= 15 is 0 Å². The second kappa shape index (κ2) is 10.4. The summed E-state index contributed by atoms with van der Waals surface area (Å²) in [5.74, 6) is -0.930. The molecule has 0 radical (unpaired) electrons. The van der Waals surface area contributed by atoms with Gasteiger partial charge >= 0.3 is 51.4 Å². The summed E-state index contributed by atoms with van der Waals surface area (Å²) in [7, 11) is -3.31. The fraction of sp³-hybridized carbons (Fsp3) is 0.125. The van der Waals surface area contributed by atoms with Crippen LogP contribution in [0.1, 0.15) is 0 Å². The maximum atomic E-state index is 11.5. The number of anilines is 2. The summed E-state index contributed by atoms with van der Waals surface area (Å²) in [6, 6.07) is 10.5. The molecule has 0 aromatic heterocycles. The first-order valence-electron chi connectivity index (χ1n) is 7.06. The Labute approximate surface area is 203 Å². The van der Waals surface area contributed by atoms with E-state index in [0.29, 0.717) is 16.4 Å². The van der Waals surface area contributed by atoms with Crippen LogP contribution in [0.5, 0.6) is 5.75 Å². The fourth-order valence-electron chi connectivity index (χ4n) is 1.93. The Hall–Kier alpha value is -1.14. The number of benzene rings is 2. The Balaban J connectivity index is 0.00000364. The van der Waals surface area contributed by atoms with Crippen molar-refractivity contribution < 1.29 is 84.0 Å². The van der Waals surface area contributed by atoms with Gasteiger partial charge in [0.15, 0.2) is 16.4 Å². The maximum Gasteiger partial charge on any atom is 1.00 e. The molecule has 27 heavy (non-hydrogen) atoms. The van der Waals surface area contributed by atoms with Gasteiger partial charge in [0.2, 0.25) is 0 Å². The summed E-state index contributed by atoms with van der Waals surface area (Å²) >= 11 is 5.95. The van der Waals surface area contributed by atoms with Gasteiger partial charge in [0.25, 0.3) is 12.1 Å². The molecule has 0 spiro atoms. The van der Waals surface area contributed by atoms with Crippen LogP contribution in [0.2, 0.25) is 5.02 Å². The molecular weight excluding hydrogens is 425 g/mol. The summed E-state index contributed by atoms with van der Waals surface area (Å²) in [5.41, 5.74) is 0.924. The van der Waals surface area contributed by atoms with Crippen molar-refractivity contribution in [3.05, 3.63) is 47.5 Å². The predicted octanol–water partition coefficient (Wildman–Crippen LogP) is -1.24. The van der Waals surface area contributed by atoms with E-state index in [9.17, 15) is 23.1 Å². The summed E-state index contributed by atoms with van der Waals surface area (Å²) in [6.45, 7) is -0.655. The maximum absolute atomic E-state index is 11.5. The molecule has 0 saturated carbocycles. The minimum absolute atomic E-state index is 0. The zero-order valence-corrected chi connectivity index (χ0v) is 19.1. The zero-order chi connectivity index (χ0) is 19.3. The van der Waals surface area contributed by atoms with E-state index < -0.39 is 28.6 Å².